The van der Waals surface area contributed by atoms with Crippen LogP contribution < -0.4 is 5.30 Å². The van der Waals surface area contributed by atoms with Gasteiger partial charge in [0, 0.05) is 5.56 Å². The number of halogens is 6. The molecule has 0 heterocycles. The molecule has 0 fully saturated rings. The molecule has 2 aromatic rings. The molecule has 0 aliphatic heterocycles. The zero-order valence-corrected chi connectivity index (χ0v) is 13.2. The maximum atomic E-state index is 13.1. The fourth-order valence-electron chi connectivity index (χ4n) is 2.17. The monoisotopic (exact) mass is 372 g/mol. The summed E-state index contributed by atoms with van der Waals surface area (Å²) in [6, 6.07) is 8.02. The molecule has 0 bridgehead atoms. The normalized spacial score (nSPS) is 12.3. The third-order valence-electron chi connectivity index (χ3n) is 3.30. The van der Waals surface area contributed by atoms with Gasteiger partial charge in [-0.2, -0.15) is 26.3 Å². The molecule has 0 radical (unpaired) electrons. The van der Waals surface area contributed by atoms with Crippen LogP contribution >= 0.6 is 8.58 Å². The Kier molecular flexibility index (Phi) is 6.92. The Morgan fingerprint density at radius 2 is 1.32 bits per heavy atom. The maximum absolute atomic E-state index is 13.1. The van der Waals surface area contributed by atoms with Crippen molar-refractivity contribution in [2.75, 3.05) is 0 Å². The van der Waals surface area contributed by atoms with Gasteiger partial charge in [0.25, 0.3) is 0 Å². The van der Waals surface area contributed by atoms with Gasteiger partial charge >= 0.3 is 31.2 Å². The summed E-state index contributed by atoms with van der Waals surface area (Å²) in [6.07, 6.45) is -10.1. The molecule has 2 rings (SSSR count). The van der Waals surface area contributed by atoms with E-state index in [0.29, 0.717) is 29.1 Å². The number of aryl methyl sites for hydroxylation is 1. The molecule has 25 heavy (non-hydrogen) atoms. The first-order valence-electron chi connectivity index (χ1n) is 6.66. The fourth-order valence-corrected chi connectivity index (χ4v) is 3.27. The Balaban J connectivity index is 0.00000312. The van der Waals surface area contributed by atoms with E-state index in [2.05, 4.69) is 0 Å². The molecule has 1 nitrogen and oxygen atoms in total. The van der Waals surface area contributed by atoms with E-state index in [1.165, 1.54) is 6.07 Å². The van der Waals surface area contributed by atoms with Crippen LogP contribution in [0.3, 0.4) is 0 Å². The van der Waals surface area contributed by atoms with Gasteiger partial charge < -0.3 is 0 Å². The van der Waals surface area contributed by atoms with Crippen LogP contribution in [0.25, 0.3) is 0 Å². The second-order valence-corrected chi connectivity index (χ2v) is 6.24. The molecule has 0 N–H and O–H groups in total. The Morgan fingerprint density at radius 3 is 1.76 bits per heavy atom. The van der Waals surface area contributed by atoms with Crippen LogP contribution in [0.5, 0.6) is 0 Å². The number of hydrogen-bond acceptors (Lipinski definition) is 1. The third kappa shape index (κ3) is 5.10. The molecule has 0 aromatic heterocycles. The van der Waals surface area contributed by atoms with Crippen LogP contribution in [0.1, 0.15) is 27.0 Å². The van der Waals surface area contributed by atoms with Crippen LogP contribution in [0.4, 0.5) is 26.3 Å². The van der Waals surface area contributed by atoms with E-state index in [9.17, 15) is 31.1 Å². The predicted molar refractivity (Wildman–Crippen MR) is 87.1 cm³/mol. The van der Waals surface area contributed by atoms with Crippen LogP contribution in [0.2, 0.25) is 0 Å². The van der Waals surface area contributed by atoms with Gasteiger partial charge in [0.1, 0.15) is 0 Å². The molecule has 0 aliphatic carbocycles. The molecule has 1 unspecified atom stereocenters. The van der Waals surface area contributed by atoms with Crippen molar-refractivity contribution in [3.63, 3.8) is 0 Å². The van der Waals surface area contributed by atoms with Gasteiger partial charge in [0.2, 0.25) is 0 Å². The van der Waals surface area contributed by atoms with E-state index in [1.807, 2.05) is 0 Å². The van der Waals surface area contributed by atoms with Gasteiger partial charge in [-0.15, -0.1) is 0 Å². The van der Waals surface area contributed by atoms with Crippen molar-refractivity contribution in [3.8, 4) is 0 Å². The summed E-state index contributed by atoms with van der Waals surface area (Å²) < 4.78 is 78.5. The van der Waals surface area contributed by atoms with Gasteiger partial charge in [-0.1, -0.05) is 30.3 Å². The molecule has 9 heteroatoms. The molecule has 0 spiro atoms. The van der Waals surface area contributed by atoms with E-state index in [-0.39, 0.29) is 18.9 Å². The standard InChI is InChI=1S/C16H11F6OP.Li.H/c1-9-5-2-3-8-12(9)24-14(23)13-10(15(17,18)19)6-4-7-11(13)16(20,21)22;;/h2-8,24H,1H3;;. The van der Waals surface area contributed by atoms with Crippen molar-refractivity contribution in [2.45, 2.75) is 19.3 Å². The van der Waals surface area contributed by atoms with Crippen molar-refractivity contribution in [2.24, 2.45) is 0 Å². The summed E-state index contributed by atoms with van der Waals surface area (Å²) in [4.78, 5) is 12.3. The number of benzene rings is 2. The van der Waals surface area contributed by atoms with Gasteiger partial charge in [-0.05, 0) is 38.5 Å². The molecule has 0 saturated heterocycles. The second kappa shape index (κ2) is 7.95. The van der Waals surface area contributed by atoms with E-state index in [0.717, 1.165) is 0 Å². The summed E-state index contributed by atoms with van der Waals surface area (Å²) in [7, 11) is -0.833. The van der Waals surface area contributed by atoms with Crippen molar-refractivity contribution >= 4 is 38.3 Å². The first-order valence-corrected chi connectivity index (χ1v) is 7.66. The van der Waals surface area contributed by atoms with Crippen molar-refractivity contribution in [1.29, 1.82) is 0 Å². The van der Waals surface area contributed by atoms with Crippen molar-refractivity contribution in [1.82, 2.24) is 0 Å². The molecular formula is C16H12F6LiOP. The van der Waals surface area contributed by atoms with Crippen LogP contribution in [0.15, 0.2) is 42.5 Å². The van der Waals surface area contributed by atoms with E-state index in [1.54, 1.807) is 25.1 Å². The average Bonchev–Trinajstić information content (AvgIpc) is 2.47. The molecule has 2 aromatic carbocycles. The Morgan fingerprint density at radius 1 is 0.840 bits per heavy atom. The molecule has 0 amide bonds. The summed E-state index contributed by atoms with van der Waals surface area (Å²) in [5.41, 5.74) is -5.02. The average molecular weight is 372 g/mol. The summed E-state index contributed by atoms with van der Waals surface area (Å²) in [5, 5.41) is 0.410. The van der Waals surface area contributed by atoms with Crippen LogP contribution in [-0.4, -0.2) is 24.4 Å². The summed E-state index contributed by atoms with van der Waals surface area (Å²) in [5.74, 6) is 0. The number of carbonyl (C=O) groups excluding carboxylic acids is 1. The predicted octanol–water partition coefficient (Wildman–Crippen LogP) is 4.53. The third-order valence-corrected chi connectivity index (χ3v) is 4.60. The van der Waals surface area contributed by atoms with Gasteiger partial charge in [0.05, 0.1) is 11.1 Å². The minimum atomic E-state index is -5.05. The van der Waals surface area contributed by atoms with E-state index < -0.39 is 43.1 Å². The fraction of sp³-hybridized carbons (Fsp3) is 0.188. The Bertz CT molecular complexity index is 738. The van der Waals surface area contributed by atoms with Gasteiger partial charge in [-0.25, -0.2) is 0 Å². The SMILES string of the molecule is Cc1ccccc1PC(=O)c1c(C(F)(F)F)cccc1C(F)(F)F.[LiH]. The number of rotatable bonds is 3. The van der Waals surface area contributed by atoms with Gasteiger partial charge in [-0.3, -0.25) is 4.79 Å². The van der Waals surface area contributed by atoms with Crippen LogP contribution in [0, 0.1) is 6.92 Å². The Hall–Kier alpha value is -1.28. The quantitative estimate of drug-likeness (QED) is 0.440. The zero-order chi connectivity index (χ0) is 18.1. The second-order valence-electron chi connectivity index (χ2n) is 4.99. The summed E-state index contributed by atoms with van der Waals surface area (Å²) in [6.45, 7) is 1.63. The molecule has 0 aliphatic rings. The zero-order valence-electron chi connectivity index (χ0n) is 12.2. The number of carbonyl (C=O) groups is 1. The van der Waals surface area contributed by atoms with Crippen molar-refractivity contribution < 1.29 is 31.1 Å². The first-order chi connectivity index (χ1) is 11.0. The summed E-state index contributed by atoms with van der Waals surface area (Å²) >= 11 is 0. The molecule has 1 atom stereocenters. The topological polar surface area (TPSA) is 17.1 Å². The molecular weight excluding hydrogens is 360 g/mol. The first kappa shape index (κ1) is 21.8. The molecule has 130 valence electrons. The van der Waals surface area contributed by atoms with Crippen molar-refractivity contribution in [3.05, 3.63) is 64.7 Å². The number of hydrogen-bond donors (Lipinski definition) is 0. The number of alkyl halides is 6. The Labute approximate surface area is 153 Å². The van der Waals surface area contributed by atoms with E-state index in [4.69, 9.17) is 0 Å². The molecule has 0 saturated carbocycles. The van der Waals surface area contributed by atoms with Gasteiger partial charge in [0.15, 0.2) is 5.52 Å². The van der Waals surface area contributed by atoms with Crippen LogP contribution in [-0.2, 0) is 12.4 Å². The minimum absolute atomic E-state index is 0. The van der Waals surface area contributed by atoms with E-state index >= 15 is 0 Å².